The zero-order valence-corrected chi connectivity index (χ0v) is 11.4. The molecule has 18 heavy (non-hydrogen) atoms. The summed E-state index contributed by atoms with van der Waals surface area (Å²) in [6, 6.07) is 5.93. The van der Waals surface area contributed by atoms with Crippen molar-refractivity contribution in [3.8, 4) is 10.6 Å². The van der Waals surface area contributed by atoms with Crippen LogP contribution in [-0.2, 0) is 4.79 Å². The number of carboxylic acids is 1. The maximum absolute atomic E-state index is 10.5. The van der Waals surface area contributed by atoms with Gasteiger partial charge < -0.3 is 5.11 Å². The largest absolute Gasteiger partial charge is 0.481 e. The minimum absolute atomic E-state index is 0.121. The van der Waals surface area contributed by atoms with Gasteiger partial charge in [-0.3, -0.25) is 4.79 Å². The summed E-state index contributed by atoms with van der Waals surface area (Å²) in [4.78, 5) is 20.3. The molecular weight excluding hydrogens is 268 g/mol. The zero-order valence-electron chi connectivity index (χ0n) is 9.79. The zero-order chi connectivity index (χ0) is 13.0. The lowest BCUT2D eigenvalue weighted by Gasteiger charge is -2.03. The molecule has 0 unspecified atom stereocenters. The third-order valence-corrected chi connectivity index (χ3v) is 3.90. The summed E-state index contributed by atoms with van der Waals surface area (Å²) in [6.45, 7) is 1.92. The number of carbonyl (C=O) groups is 1. The van der Waals surface area contributed by atoms with Gasteiger partial charge in [-0.15, -0.1) is 11.3 Å². The van der Waals surface area contributed by atoms with E-state index in [1.54, 1.807) is 11.3 Å². The standard InChI is InChI=1S/C12H12N2O2S2/c1-8-7-9(10-3-2-5-17-10)14-12(13-8)18-6-4-11(15)16/h2-3,5,7H,4,6H2,1H3,(H,15,16). The van der Waals surface area contributed by atoms with Crippen molar-refractivity contribution in [1.29, 1.82) is 0 Å². The van der Waals surface area contributed by atoms with Crippen LogP contribution in [0.25, 0.3) is 10.6 Å². The summed E-state index contributed by atoms with van der Waals surface area (Å²) >= 11 is 3.00. The molecule has 0 atom stereocenters. The van der Waals surface area contributed by atoms with Gasteiger partial charge in [0, 0.05) is 11.4 Å². The van der Waals surface area contributed by atoms with E-state index in [2.05, 4.69) is 9.97 Å². The lowest BCUT2D eigenvalue weighted by molar-refractivity contribution is -0.136. The number of nitrogens with zero attached hydrogens (tertiary/aromatic N) is 2. The minimum Gasteiger partial charge on any atom is -0.481 e. The lowest BCUT2D eigenvalue weighted by Crippen LogP contribution is -1.98. The number of hydrogen-bond donors (Lipinski definition) is 1. The fraction of sp³-hybridized carbons (Fsp3) is 0.250. The molecule has 0 amide bonds. The van der Waals surface area contributed by atoms with E-state index in [1.807, 2.05) is 30.5 Å². The molecule has 2 aromatic rings. The first-order chi connectivity index (χ1) is 8.65. The number of thiophene rings is 1. The summed E-state index contributed by atoms with van der Waals surface area (Å²) in [5.41, 5.74) is 1.79. The Morgan fingerprint density at radius 1 is 1.50 bits per heavy atom. The molecule has 0 bridgehead atoms. The van der Waals surface area contributed by atoms with Crippen LogP contribution in [0.4, 0.5) is 0 Å². The molecule has 1 N–H and O–H groups in total. The molecule has 2 aromatic heterocycles. The first-order valence-electron chi connectivity index (χ1n) is 5.39. The van der Waals surface area contributed by atoms with E-state index >= 15 is 0 Å². The van der Waals surface area contributed by atoms with Crippen LogP contribution in [0.1, 0.15) is 12.1 Å². The monoisotopic (exact) mass is 280 g/mol. The summed E-state index contributed by atoms with van der Waals surface area (Å²) in [5, 5.41) is 11.2. The van der Waals surface area contributed by atoms with E-state index in [1.165, 1.54) is 11.8 Å². The molecule has 0 saturated heterocycles. The Balaban J connectivity index is 2.14. The van der Waals surface area contributed by atoms with E-state index < -0.39 is 5.97 Å². The average molecular weight is 280 g/mol. The number of rotatable bonds is 5. The number of carboxylic acid groups (broad SMARTS) is 1. The SMILES string of the molecule is Cc1cc(-c2cccs2)nc(SCCC(=O)O)n1. The van der Waals surface area contributed by atoms with Gasteiger partial charge in [0.05, 0.1) is 17.0 Å². The minimum atomic E-state index is -0.798. The second-order valence-corrected chi connectivity index (χ2v) is 5.66. The van der Waals surface area contributed by atoms with Gasteiger partial charge >= 0.3 is 5.97 Å². The molecule has 0 radical (unpaired) electrons. The maximum Gasteiger partial charge on any atom is 0.304 e. The van der Waals surface area contributed by atoms with Crippen LogP contribution in [0.5, 0.6) is 0 Å². The van der Waals surface area contributed by atoms with Gasteiger partial charge in [-0.25, -0.2) is 9.97 Å². The number of hydrogen-bond acceptors (Lipinski definition) is 5. The van der Waals surface area contributed by atoms with Gasteiger partial charge in [-0.2, -0.15) is 0 Å². The Hall–Kier alpha value is -1.40. The highest BCUT2D eigenvalue weighted by atomic mass is 32.2. The van der Waals surface area contributed by atoms with Gasteiger partial charge in [0.1, 0.15) is 0 Å². The number of aliphatic carboxylic acids is 1. The Morgan fingerprint density at radius 3 is 3.00 bits per heavy atom. The van der Waals surface area contributed by atoms with Gasteiger partial charge in [-0.05, 0) is 24.4 Å². The van der Waals surface area contributed by atoms with Crippen molar-refractivity contribution in [3.05, 3.63) is 29.3 Å². The number of thioether (sulfide) groups is 1. The van der Waals surface area contributed by atoms with Crippen molar-refractivity contribution in [2.75, 3.05) is 5.75 Å². The molecular formula is C12H12N2O2S2. The fourth-order valence-electron chi connectivity index (χ4n) is 1.39. The molecule has 0 saturated carbocycles. The van der Waals surface area contributed by atoms with Gasteiger partial charge in [0.2, 0.25) is 0 Å². The van der Waals surface area contributed by atoms with Crippen LogP contribution in [-0.4, -0.2) is 26.8 Å². The first-order valence-corrected chi connectivity index (χ1v) is 7.26. The highest BCUT2D eigenvalue weighted by Gasteiger charge is 2.07. The van der Waals surface area contributed by atoms with Crippen molar-refractivity contribution >= 4 is 29.1 Å². The maximum atomic E-state index is 10.5. The molecule has 2 heterocycles. The van der Waals surface area contributed by atoms with Crippen LogP contribution < -0.4 is 0 Å². The number of aryl methyl sites for hydroxylation is 1. The Bertz CT molecular complexity index is 541. The van der Waals surface area contributed by atoms with Crippen molar-refractivity contribution < 1.29 is 9.90 Å². The van der Waals surface area contributed by atoms with Gasteiger partial charge in [0.15, 0.2) is 5.16 Å². The number of aromatic nitrogens is 2. The molecule has 0 aliphatic rings. The van der Waals surface area contributed by atoms with E-state index in [9.17, 15) is 4.79 Å². The molecule has 0 aliphatic heterocycles. The van der Waals surface area contributed by atoms with E-state index in [4.69, 9.17) is 5.11 Å². The average Bonchev–Trinajstić information content (AvgIpc) is 2.81. The highest BCUT2D eigenvalue weighted by molar-refractivity contribution is 7.99. The van der Waals surface area contributed by atoms with Crippen LogP contribution in [0, 0.1) is 6.92 Å². The molecule has 0 aromatic carbocycles. The molecule has 0 aliphatic carbocycles. The molecule has 2 rings (SSSR count). The first kappa shape index (κ1) is 13.0. The third kappa shape index (κ3) is 3.54. The second-order valence-electron chi connectivity index (χ2n) is 3.65. The summed E-state index contributed by atoms with van der Waals surface area (Å²) < 4.78 is 0. The summed E-state index contributed by atoms with van der Waals surface area (Å²) in [5.74, 6) is -0.309. The quantitative estimate of drug-likeness (QED) is 0.673. The predicted molar refractivity (Wildman–Crippen MR) is 73.1 cm³/mol. The Morgan fingerprint density at radius 2 is 2.33 bits per heavy atom. The van der Waals surface area contributed by atoms with Crippen molar-refractivity contribution in [2.24, 2.45) is 0 Å². The molecule has 0 spiro atoms. The lowest BCUT2D eigenvalue weighted by atomic mass is 10.3. The fourth-order valence-corrected chi connectivity index (χ4v) is 2.90. The van der Waals surface area contributed by atoms with Crippen LogP contribution >= 0.6 is 23.1 Å². The van der Waals surface area contributed by atoms with E-state index in [0.717, 1.165) is 16.3 Å². The van der Waals surface area contributed by atoms with Gasteiger partial charge in [-0.1, -0.05) is 17.8 Å². The van der Waals surface area contributed by atoms with Crippen molar-refractivity contribution in [2.45, 2.75) is 18.5 Å². The van der Waals surface area contributed by atoms with Crippen molar-refractivity contribution in [1.82, 2.24) is 9.97 Å². The Kier molecular flexibility index (Phi) is 4.33. The third-order valence-electron chi connectivity index (χ3n) is 2.15. The topological polar surface area (TPSA) is 63.1 Å². The van der Waals surface area contributed by atoms with Crippen LogP contribution in [0.3, 0.4) is 0 Å². The van der Waals surface area contributed by atoms with E-state index in [-0.39, 0.29) is 6.42 Å². The highest BCUT2D eigenvalue weighted by Crippen LogP contribution is 2.25. The molecule has 4 nitrogen and oxygen atoms in total. The van der Waals surface area contributed by atoms with Crippen molar-refractivity contribution in [3.63, 3.8) is 0 Å². The van der Waals surface area contributed by atoms with E-state index in [0.29, 0.717) is 10.9 Å². The normalized spacial score (nSPS) is 10.5. The van der Waals surface area contributed by atoms with Crippen LogP contribution in [0.15, 0.2) is 28.7 Å². The molecule has 0 fully saturated rings. The summed E-state index contributed by atoms with van der Waals surface area (Å²) in [6.07, 6.45) is 0.121. The smallest absolute Gasteiger partial charge is 0.304 e. The Labute approximate surface area is 113 Å². The van der Waals surface area contributed by atoms with Gasteiger partial charge in [0.25, 0.3) is 0 Å². The predicted octanol–water partition coefficient (Wildman–Crippen LogP) is 3.08. The van der Waals surface area contributed by atoms with Crippen LogP contribution in [0.2, 0.25) is 0 Å². The molecule has 94 valence electrons. The summed E-state index contributed by atoms with van der Waals surface area (Å²) in [7, 11) is 0. The molecule has 6 heteroatoms. The second kappa shape index (κ2) is 5.97.